The van der Waals surface area contributed by atoms with E-state index in [9.17, 15) is 19.2 Å². The molecule has 58 heavy (non-hydrogen) atoms. The van der Waals surface area contributed by atoms with Gasteiger partial charge in [0.1, 0.15) is 52.9 Å². The zero-order valence-corrected chi connectivity index (χ0v) is 33.9. The van der Waals surface area contributed by atoms with Crippen LogP contribution in [0.4, 0.5) is 4.79 Å². The third kappa shape index (κ3) is 10.6. The van der Waals surface area contributed by atoms with Crippen LogP contribution in [-0.2, 0) is 23.9 Å². The predicted molar refractivity (Wildman–Crippen MR) is 214 cm³/mol. The number of nitrogens with zero attached hydrogens (tertiary/aromatic N) is 3. The van der Waals surface area contributed by atoms with Crippen molar-refractivity contribution in [1.82, 2.24) is 20.1 Å². The molecule has 0 spiro atoms. The molecule has 2 saturated heterocycles. The molecule has 8 atom stereocenters. The van der Waals surface area contributed by atoms with E-state index in [1.54, 1.807) is 12.1 Å². The zero-order valence-electron chi connectivity index (χ0n) is 33.2. The quantitative estimate of drug-likeness (QED) is 0.120. The molecule has 3 heterocycles. The Hall–Kier alpha value is -4.34. The lowest BCUT2D eigenvalue weighted by atomic mass is 10.0. The van der Waals surface area contributed by atoms with Gasteiger partial charge in [0, 0.05) is 37.5 Å². The van der Waals surface area contributed by atoms with E-state index in [1.807, 2.05) is 25.1 Å². The van der Waals surface area contributed by atoms with Crippen molar-refractivity contribution < 1.29 is 48.0 Å². The first kappa shape index (κ1) is 41.8. The van der Waals surface area contributed by atoms with Crippen LogP contribution in [0, 0.1) is 23.7 Å². The minimum atomic E-state index is -0.962. The number of allylic oxidation sites excluding steroid dienone is 2. The maximum absolute atomic E-state index is 14.3. The van der Waals surface area contributed by atoms with E-state index in [0.717, 1.165) is 51.7 Å². The van der Waals surface area contributed by atoms with Crippen LogP contribution in [0.2, 0.25) is 5.02 Å². The minimum absolute atomic E-state index is 0.0548. The monoisotopic (exact) mass is 825 g/mol. The highest BCUT2D eigenvalue weighted by Crippen LogP contribution is 2.52. The van der Waals surface area contributed by atoms with Gasteiger partial charge in [-0.25, -0.2) is 9.78 Å². The van der Waals surface area contributed by atoms with E-state index in [-0.39, 0.29) is 30.9 Å². The Morgan fingerprint density at radius 1 is 1.03 bits per heavy atom. The molecule has 16 heteroatoms. The van der Waals surface area contributed by atoms with Crippen molar-refractivity contribution in [2.45, 2.75) is 95.4 Å². The first-order chi connectivity index (χ1) is 28.1. The Balaban J connectivity index is 1.01. The van der Waals surface area contributed by atoms with Gasteiger partial charge < -0.3 is 44.7 Å². The number of pyridine rings is 1. The van der Waals surface area contributed by atoms with Crippen molar-refractivity contribution in [3.63, 3.8) is 0 Å². The maximum atomic E-state index is 14.3. The van der Waals surface area contributed by atoms with Crippen LogP contribution in [0.3, 0.4) is 0 Å². The SMILES string of the molecule is CCOc1cc(OC2C[C@@H](C(N)=O)N(C(=O)[C@H](CCCCC/C=C\[C@@H]3C[C@@H]3C(=O)O)NC(=O)O[C@@H]3C[C@@H]4C[C@@H]4C3)C2)c2ccc(OCCN3CCOCC3)c(Cl)c2n1. The number of fused-ring (bicyclic) bond motifs is 2. The Kier molecular flexibility index (Phi) is 13.8. The largest absolute Gasteiger partial charge is 0.491 e. The number of carboxylic acids is 1. The number of nitrogens with one attached hydrogen (secondary N) is 1. The molecular weight excluding hydrogens is 770 g/mol. The molecule has 4 N–H and O–H groups in total. The molecule has 15 nitrogen and oxygen atoms in total. The number of amides is 3. The molecule has 1 aromatic carbocycles. The van der Waals surface area contributed by atoms with Gasteiger partial charge in [-0.2, -0.15) is 0 Å². The summed E-state index contributed by atoms with van der Waals surface area (Å²) in [7, 11) is 0. The van der Waals surface area contributed by atoms with Crippen LogP contribution in [0.25, 0.3) is 10.9 Å². The fourth-order valence-electron chi connectivity index (χ4n) is 8.61. The summed E-state index contributed by atoms with van der Waals surface area (Å²) in [6.45, 7) is 6.50. The number of carbonyl (C=O) groups is 4. The molecule has 0 bridgehead atoms. The van der Waals surface area contributed by atoms with Crippen LogP contribution in [0.1, 0.15) is 71.1 Å². The number of nitrogens with two attached hydrogens (primary N) is 1. The molecule has 5 aliphatic rings. The fraction of sp³-hybridized carbons (Fsp3) is 0.643. The normalized spacial score (nSPS) is 26.9. The van der Waals surface area contributed by atoms with Crippen molar-refractivity contribution in [1.29, 1.82) is 0 Å². The number of benzene rings is 1. The lowest BCUT2D eigenvalue weighted by Crippen LogP contribution is -2.53. The van der Waals surface area contributed by atoms with Gasteiger partial charge in [0.25, 0.3) is 0 Å². The summed E-state index contributed by atoms with van der Waals surface area (Å²) in [6, 6.07) is 3.37. The summed E-state index contributed by atoms with van der Waals surface area (Å²) in [4.78, 5) is 59.8. The van der Waals surface area contributed by atoms with Gasteiger partial charge in [-0.15, -0.1) is 0 Å². The predicted octanol–water partition coefficient (Wildman–Crippen LogP) is 4.95. The van der Waals surface area contributed by atoms with Crippen molar-refractivity contribution in [3.05, 3.63) is 35.4 Å². The number of unbranched alkanes of at least 4 members (excludes halogenated alkanes) is 3. The number of halogens is 1. The molecule has 3 saturated carbocycles. The van der Waals surface area contributed by atoms with E-state index in [0.29, 0.717) is 90.8 Å². The molecule has 7 rings (SSSR count). The number of rotatable bonds is 20. The first-order valence-electron chi connectivity index (χ1n) is 20.9. The number of hydrogen-bond donors (Lipinski definition) is 3. The van der Waals surface area contributed by atoms with Crippen LogP contribution in [0.5, 0.6) is 17.4 Å². The second-order valence-corrected chi connectivity index (χ2v) is 16.6. The van der Waals surface area contributed by atoms with Gasteiger partial charge in [-0.1, -0.05) is 36.6 Å². The van der Waals surface area contributed by atoms with Gasteiger partial charge >= 0.3 is 12.1 Å². The highest BCUT2D eigenvalue weighted by atomic mass is 35.5. The van der Waals surface area contributed by atoms with E-state index in [4.69, 9.17) is 46.1 Å². The smallest absolute Gasteiger partial charge is 0.408 e. The molecule has 3 amide bonds. The standard InChI is InChI=1S/C42H56ClN5O10/c1-2-55-36-23-35(30-10-11-34(37(43)38(30)46-36)56-17-14-47-12-15-54-16-13-47)57-29-22-33(39(44)49)48(24-29)40(50)32(45-42(53)58-28-19-26-18-27(26)20-28)9-7-5-3-4-6-8-25-21-31(25)41(51)52/h6,8,10-11,23,25-29,31-33H,2-5,7,9,12-22,24H2,1H3,(H2,44,49)(H,45,53)(H,51,52)/b8-6-/t25-,26-,27+,28+,29?,31+,32+,33+/m1/s1. The van der Waals surface area contributed by atoms with Crippen LogP contribution in [-0.4, -0.2) is 121 Å². The molecule has 5 fully saturated rings. The maximum Gasteiger partial charge on any atom is 0.408 e. The molecule has 3 aliphatic carbocycles. The number of morpholine rings is 1. The molecule has 1 unspecified atom stereocenters. The summed E-state index contributed by atoms with van der Waals surface area (Å²) in [5.74, 6) is 0.418. The summed E-state index contributed by atoms with van der Waals surface area (Å²) in [5.41, 5.74) is 6.33. The number of alkyl carbamates (subject to hydrolysis) is 1. The fourth-order valence-corrected chi connectivity index (χ4v) is 8.87. The second-order valence-electron chi connectivity index (χ2n) is 16.2. The average Bonchev–Trinajstić information content (AvgIpc) is 4.06. The second kappa shape index (κ2) is 19.2. The third-order valence-corrected chi connectivity index (χ3v) is 12.4. The highest BCUT2D eigenvalue weighted by Gasteiger charge is 2.48. The Morgan fingerprint density at radius 3 is 2.55 bits per heavy atom. The van der Waals surface area contributed by atoms with Crippen LogP contribution >= 0.6 is 11.6 Å². The molecule has 1 aromatic heterocycles. The number of hydrogen-bond acceptors (Lipinski definition) is 11. The highest BCUT2D eigenvalue weighted by molar-refractivity contribution is 6.36. The van der Waals surface area contributed by atoms with Gasteiger partial charge in [-0.05, 0) is 81.8 Å². The summed E-state index contributed by atoms with van der Waals surface area (Å²) in [6.07, 6.45) is 9.68. The van der Waals surface area contributed by atoms with Gasteiger partial charge in [0.05, 0.1) is 32.3 Å². The lowest BCUT2D eigenvalue weighted by Gasteiger charge is -2.28. The van der Waals surface area contributed by atoms with E-state index >= 15 is 0 Å². The van der Waals surface area contributed by atoms with Crippen molar-refractivity contribution in [2.24, 2.45) is 29.4 Å². The summed E-state index contributed by atoms with van der Waals surface area (Å²) >= 11 is 6.89. The number of likely N-dealkylation sites (tertiary alicyclic amines) is 1. The van der Waals surface area contributed by atoms with Crippen LogP contribution < -0.4 is 25.3 Å². The number of carboxylic acid groups (broad SMARTS) is 1. The molecule has 0 radical (unpaired) electrons. The lowest BCUT2D eigenvalue weighted by molar-refractivity contribution is -0.139. The van der Waals surface area contributed by atoms with Crippen molar-refractivity contribution in [3.8, 4) is 17.4 Å². The Bertz CT molecular complexity index is 1830. The topological polar surface area (TPSA) is 192 Å². The first-order valence-corrected chi connectivity index (χ1v) is 21.3. The summed E-state index contributed by atoms with van der Waals surface area (Å²) in [5, 5.41) is 12.9. The average molecular weight is 826 g/mol. The number of aromatic nitrogens is 1. The van der Waals surface area contributed by atoms with E-state index in [1.165, 1.54) is 11.3 Å². The molecular formula is C42H56ClN5O10. The van der Waals surface area contributed by atoms with Crippen molar-refractivity contribution >= 4 is 46.4 Å². The number of ether oxygens (including phenoxy) is 5. The molecule has 2 aromatic rings. The number of aliphatic carboxylic acids is 1. The van der Waals surface area contributed by atoms with Crippen LogP contribution in [0.15, 0.2) is 30.4 Å². The summed E-state index contributed by atoms with van der Waals surface area (Å²) < 4.78 is 29.6. The van der Waals surface area contributed by atoms with Gasteiger partial charge in [0.2, 0.25) is 17.7 Å². The van der Waals surface area contributed by atoms with Gasteiger partial charge in [0.15, 0.2) is 0 Å². The van der Waals surface area contributed by atoms with Crippen molar-refractivity contribution in [2.75, 3.05) is 52.6 Å². The van der Waals surface area contributed by atoms with Gasteiger partial charge in [-0.3, -0.25) is 19.3 Å². The zero-order chi connectivity index (χ0) is 40.8. The number of primary amides is 1. The van der Waals surface area contributed by atoms with E-state index < -0.39 is 42.1 Å². The third-order valence-electron chi connectivity index (χ3n) is 12.0. The minimum Gasteiger partial charge on any atom is -0.491 e. The Labute approximate surface area is 343 Å². The molecule has 2 aliphatic heterocycles. The molecule has 316 valence electrons. The van der Waals surface area contributed by atoms with E-state index in [2.05, 4.69) is 15.2 Å². The Morgan fingerprint density at radius 2 is 1.83 bits per heavy atom. The number of carbonyl (C=O) groups excluding carboxylic acids is 3.